The van der Waals surface area contributed by atoms with Crippen molar-refractivity contribution in [2.75, 3.05) is 5.32 Å². The van der Waals surface area contributed by atoms with Gasteiger partial charge in [-0.2, -0.15) is 0 Å². The van der Waals surface area contributed by atoms with Gasteiger partial charge in [0.05, 0.1) is 6.20 Å². The van der Waals surface area contributed by atoms with Crippen LogP contribution in [0.5, 0.6) is 0 Å². The highest BCUT2D eigenvalue weighted by atomic mass is 35.5. The molecule has 0 saturated carbocycles. The number of nitrogens with zero attached hydrogens (tertiary/aromatic N) is 4. The molecule has 0 radical (unpaired) electrons. The Morgan fingerprint density at radius 1 is 1.20 bits per heavy atom. The maximum Gasteiger partial charge on any atom is 0.255 e. The van der Waals surface area contributed by atoms with E-state index in [2.05, 4.69) is 20.9 Å². The van der Waals surface area contributed by atoms with Crippen molar-refractivity contribution >= 4 is 40.9 Å². The van der Waals surface area contributed by atoms with Crippen LogP contribution in [0.15, 0.2) is 42.6 Å². The van der Waals surface area contributed by atoms with E-state index in [0.717, 1.165) is 6.07 Å². The Morgan fingerprint density at radius 2 is 2.03 bits per heavy atom. The first kappa shape index (κ1) is 22.7. The van der Waals surface area contributed by atoms with E-state index in [9.17, 15) is 23.6 Å². The van der Waals surface area contributed by atoms with Gasteiger partial charge in [-0.1, -0.05) is 22.9 Å². The van der Waals surface area contributed by atoms with Gasteiger partial charge in [-0.15, -0.1) is 5.10 Å². The first-order chi connectivity index (χ1) is 16.8. The average molecular weight is 497 g/mol. The van der Waals surface area contributed by atoms with Crippen LogP contribution in [0, 0.1) is 5.82 Å². The van der Waals surface area contributed by atoms with Gasteiger partial charge >= 0.3 is 0 Å². The number of aromatic nitrogens is 3. The van der Waals surface area contributed by atoms with E-state index in [4.69, 9.17) is 11.6 Å². The zero-order valence-electron chi connectivity index (χ0n) is 18.1. The molecule has 3 aromatic rings. The number of hydrogen-bond acceptors (Lipinski definition) is 6. The summed E-state index contributed by atoms with van der Waals surface area (Å²) in [6, 6.07) is 8.34. The molecule has 3 heterocycles. The molecule has 1 atom stereocenters. The number of halogens is 2. The van der Waals surface area contributed by atoms with Gasteiger partial charge in [-0.25, -0.2) is 9.07 Å². The van der Waals surface area contributed by atoms with Crippen LogP contribution in [-0.2, 0) is 27.5 Å². The van der Waals surface area contributed by atoms with Gasteiger partial charge in [0.2, 0.25) is 17.7 Å². The molecule has 4 amide bonds. The molecule has 178 valence electrons. The molecule has 2 aliphatic heterocycles. The number of rotatable bonds is 5. The molecule has 1 fully saturated rings. The van der Waals surface area contributed by atoms with Crippen LogP contribution >= 0.6 is 11.6 Å². The lowest BCUT2D eigenvalue weighted by Crippen LogP contribution is -2.52. The topological polar surface area (TPSA) is 126 Å². The highest BCUT2D eigenvalue weighted by Crippen LogP contribution is 2.32. The third-order valence-electron chi connectivity index (χ3n) is 5.91. The Labute approximate surface area is 203 Å². The van der Waals surface area contributed by atoms with E-state index in [0.29, 0.717) is 16.8 Å². The third kappa shape index (κ3) is 4.37. The van der Waals surface area contributed by atoms with E-state index < -0.39 is 23.7 Å². The number of imide groups is 1. The lowest BCUT2D eigenvalue weighted by Gasteiger charge is -2.29. The lowest BCUT2D eigenvalue weighted by atomic mass is 10.0. The van der Waals surface area contributed by atoms with Gasteiger partial charge in [-0.05, 0) is 36.8 Å². The molecule has 5 rings (SSSR count). The molecule has 2 aliphatic rings. The van der Waals surface area contributed by atoms with Crippen molar-refractivity contribution in [3.8, 4) is 11.3 Å². The number of carbonyl (C=O) groups excluding carboxylic acids is 4. The SMILES string of the molecule is O=C1CCC(N2Cc3c(NC(=O)Cn4cc(-c5ccc(Cl)cc5F)nn4)cccc3C2=O)C(=O)N1. The summed E-state index contributed by atoms with van der Waals surface area (Å²) in [5, 5.41) is 13.1. The van der Waals surface area contributed by atoms with Crippen molar-refractivity contribution in [1.82, 2.24) is 25.2 Å². The van der Waals surface area contributed by atoms with E-state index >= 15 is 0 Å². The molecular weight excluding hydrogens is 479 g/mol. The second-order valence-corrected chi connectivity index (χ2v) is 8.64. The van der Waals surface area contributed by atoms with Crippen molar-refractivity contribution in [2.24, 2.45) is 0 Å². The van der Waals surface area contributed by atoms with E-state index in [1.807, 2.05) is 0 Å². The summed E-state index contributed by atoms with van der Waals surface area (Å²) in [5.41, 5.74) is 1.85. The van der Waals surface area contributed by atoms with Gasteiger partial charge in [-0.3, -0.25) is 24.5 Å². The summed E-state index contributed by atoms with van der Waals surface area (Å²) in [5.74, 6) is -2.19. The largest absolute Gasteiger partial charge is 0.324 e. The fraction of sp³-hybridized carbons (Fsp3) is 0.217. The quantitative estimate of drug-likeness (QED) is 0.521. The van der Waals surface area contributed by atoms with Crippen molar-refractivity contribution in [3.05, 3.63) is 64.6 Å². The summed E-state index contributed by atoms with van der Waals surface area (Å²) >= 11 is 5.78. The number of benzene rings is 2. The molecule has 2 N–H and O–H groups in total. The number of carbonyl (C=O) groups is 4. The van der Waals surface area contributed by atoms with Crippen LogP contribution < -0.4 is 10.6 Å². The minimum Gasteiger partial charge on any atom is -0.324 e. The normalized spacial score (nSPS) is 17.4. The molecule has 1 saturated heterocycles. The van der Waals surface area contributed by atoms with E-state index in [-0.39, 0.29) is 54.0 Å². The van der Waals surface area contributed by atoms with Crippen LogP contribution in [0.3, 0.4) is 0 Å². The Kier molecular flexibility index (Phi) is 5.77. The molecule has 1 aromatic heterocycles. The zero-order valence-corrected chi connectivity index (χ0v) is 18.9. The van der Waals surface area contributed by atoms with Crippen molar-refractivity contribution in [1.29, 1.82) is 0 Å². The van der Waals surface area contributed by atoms with Crippen LogP contribution in [0.4, 0.5) is 10.1 Å². The van der Waals surface area contributed by atoms with Crippen molar-refractivity contribution in [2.45, 2.75) is 32.0 Å². The average Bonchev–Trinajstić information content (AvgIpc) is 3.39. The van der Waals surface area contributed by atoms with Crippen LogP contribution in [0.25, 0.3) is 11.3 Å². The minimum atomic E-state index is -0.752. The Hall–Kier alpha value is -4.12. The van der Waals surface area contributed by atoms with Gasteiger partial charge in [0.25, 0.3) is 5.91 Å². The minimum absolute atomic E-state index is 0.125. The Balaban J connectivity index is 1.29. The molecule has 0 spiro atoms. The molecule has 0 aliphatic carbocycles. The lowest BCUT2D eigenvalue weighted by molar-refractivity contribution is -0.137. The maximum absolute atomic E-state index is 14.1. The molecule has 10 nitrogen and oxygen atoms in total. The van der Waals surface area contributed by atoms with Crippen LogP contribution in [0.1, 0.15) is 28.8 Å². The van der Waals surface area contributed by atoms with Crippen molar-refractivity contribution < 1.29 is 23.6 Å². The standard InChI is InChI=1S/C23H18ClFN6O4/c24-12-4-5-14(16(25)8-12)18-10-30(29-28-18)11-21(33)26-17-3-1-2-13-15(17)9-31(23(13)35)19-6-7-20(32)27-22(19)34/h1-5,8,10,19H,6-7,9,11H2,(H,26,33)(H,27,32,34). The fourth-order valence-electron chi connectivity index (χ4n) is 4.24. The number of nitrogens with one attached hydrogen (secondary N) is 2. The highest BCUT2D eigenvalue weighted by Gasteiger charge is 2.39. The summed E-state index contributed by atoms with van der Waals surface area (Å²) in [7, 11) is 0. The Bertz CT molecular complexity index is 1390. The predicted octanol–water partition coefficient (Wildman–Crippen LogP) is 2.14. The molecule has 0 bridgehead atoms. The molecule has 12 heteroatoms. The summed E-state index contributed by atoms with van der Waals surface area (Å²) in [4.78, 5) is 50.7. The number of anilines is 1. The summed E-state index contributed by atoms with van der Waals surface area (Å²) in [6.45, 7) is -0.0725. The Morgan fingerprint density at radius 3 is 2.80 bits per heavy atom. The smallest absolute Gasteiger partial charge is 0.255 e. The van der Waals surface area contributed by atoms with Crippen LogP contribution in [0.2, 0.25) is 5.02 Å². The first-order valence-electron chi connectivity index (χ1n) is 10.7. The second kappa shape index (κ2) is 8.91. The number of amides is 4. The van der Waals surface area contributed by atoms with Gasteiger partial charge in [0.1, 0.15) is 24.1 Å². The molecule has 2 aromatic carbocycles. The maximum atomic E-state index is 14.1. The molecule has 35 heavy (non-hydrogen) atoms. The monoisotopic (exact) mass is 496 g/mol. The number of fused-ring (bicyclic) bond motifs is 1. The fourth-order valence-corrected chi connectivity index (χ4v) is 4.39. The first-order valence-corrected chi connectivity index (χ1v) is 11.1. The van der Waals surface area contributed by atoms with Crippen molar-refractivity contribution in [3.63, 3.8) is 0 Å². The second-order valence-electron chi connectivity index (χ2n) is 8.21. The molecular formula is C23H18ClFN6O4. The number of hydrogen-bond donors (Lipinski definition) is 2. The number of piperidine rings is 1. The highest BCUT2D eigenvalue weighted by molar-refractivity contribution is 6.30. The predicted molar refractivity (Wildman–Crippen MR) is 122 cm³/mol. The van der Waals surface area contributed by atoms with Gasteiger partial charge in [0.15, 0.2) is 0 Å². The third-order valence-corrected chi connectivity index (χ3v) is 6.14. The van der Waals surface area contributed by atoms with E-state index in [1.165, 1.54) is 27.9 Å². The summed E-state index contributed by atoms with van der Waals surface area (Å²) < 4.78 is 15.4. The van der Waals surface area contributed by atoms with Crippen LogP contribution in [-0.4, -0.2) is 49.6 Å². The molecule has 1 unspecified atom stereocenters. The van der Waals surface area contributed by atoms with Gasteiger partial charge in [0, 0.05) is 40.4 Å². The zero-order chi connectivity index (χ0) is 24.7. The summed E-state index contributed by atoms with van der Waals surface area (Å²) in [6.07, 6.45) is 1.84. The van der Waals surface area contributed by atoms with E-state index in [1.54, 1.807) is 18.2 Å². The van der Waals surface area contributed by atoms with Gasteiger partial charge < -0.3 is 10.2 Å².